The second kappa shape index (κ2) is 26.1. The second-order valence-corrected chi connectivity index (χ2v) is 11.1. The minimum absolute atomic E-state index is 0.0718. The normalized spacial score (nSPS) is 11.3. The van der Waals surface area contributed by atoms with Crippen molar-refractivity contribution in [2.24, 2.45) is 0 Å². The van der Waals surface area contributed by atoms with E-state index in [9.17, 15) is 5.11 Å². The highest BCUT2D eigenvalue weighted by Crippen LogP contribution is 2.16. The van der Waals surface area contributed by atoms with Crippen molar-refractivity contribution in [3.05, 3.63) is 30.3 Å². The number of nitrogens with zero attached hydrogens (tertiary/aromatic N) is 1. The van der Waals surface area contributed by atoms with Crippen molar-refractivity contribution in [3.8, 4) is 5.75 Å². The molecule has 0 amide bonds. The highest BCUT2D eigenvalue weighted by atomic mass is 16.3. The molecule has 0 radical (unpaired) electrons. The molecule has 0 saturated heterocycles. The van der Waals surface area contributed by atoms with Crippen LogP contribution in [0.5, 0.6) is 5.75 Å². The Kier molecular flexibility index (Phi) is 25.3. The maximum absolute atomic E-state index is 10.3. The number of benzene rings is 1. The van der Waals surface area contributed by atoms with Crippen molar-refractivity contribution in [1.82, 2.24) is 0 Å². The van der Waals surface area contributed by atoms with Crippen molar-refractivity contribution < 1.29 is 9.59 Å². The Labute approximate surface area is 221 Å². The summed E-state index contributed by atoms with van der Waals surface area (Å²) in [7, 11) is 2.57. The zero-order valence-corrected chi connectivity index (χ0v) is 24.5. The van der Waals surface area contributed by atoms with E-state index in [0.29, 0.717) is 0 Å². The van der Waals surface area contributed by atoms with Gasteiger partial charge in [0, 0.05) is 0 Å². The lowest BCUT2D eigenvalue weighted by molar-refractivity contribution is -0.910. The molecule has 0 fully saturated rings. The Morgan fingerprint density at radius 2 is 0.743 bits per heavy atom. The van der Waals surface area contributed by atoms with Crippen LogP contribution in [0.1, 0.15) is 149 Å². The van der Waals surface area contributed by atoms with Crippen molar-refractivity contribution in [2.45, 2.75) is 149 Å². The average Bonchev–Trinajstić information content (AvgIpc) is 2.86. The van der Waals surface area contributed by atoms with Gasteiger partial charge in [0.25, 0.3) is 0 Å². The van der Waals surface area contributed by atoms with Crippen LogP contribution in [0.15, 0.2) is 30.3 Å². The maximum atomic E-state index is 10.3. The van der Waals surface area contributed by atoms with Gasteiger partial charge in [-0.3, -0.25) is 0 Å². The summed E-state index contributed by atoms with van der Waals surface area (Å²) in [4.78, 5) is 0. The molecule has 0 aliphatic heterocycles. The molecule has 0 aromatic heterocycles. The molecule has 0 aliphatic carbocycles. The molecule has 0 aliphatic rings. The van der Waals surface area contributed by atoms with Gasteiger partial charge in [-0.05, 0) is 38.5 Å². The molecule has 35 heavy (non-hydrogen) atoms. The maximum Gasteiger partial charge on any atom is 0.0784 e. The first kappa shape index (κ1) is 34.0. The molecule has 0 unspecified atom stereocenters. The number of para-hydroxylation sites is 1. The fraction of sp³-hybridized carbons (Fsp3) is 0.818. The van der Waals surface area contributed by atoms with E-state index in [1.54, 1.807) is 12.1 Å². The van der Waals surface area contributed by atoms with Gasteiger partial charge in [0.15, 0.2) is 0 Å². The molecule has 0 atom stereocenters. The average molecular weight is 490 g/mol. The molecule has 0 heterocycles. The molecule has 0 bridgehead atoms. The second-order valence-electron chi connectivity index (χ2n) is 11.1. The summed E-state index contributed by atoms with van der Waals surface area (Å²) >= 11 is 0. The van der Waals surface area contributed by atoms with E-state index in [1.807, 2.05) is 6.07 Å². The summed E-state index contributed by atoms with van der Waals surface area (Å²) < 4.78 is 1.36. The van der Waals surface area contributed by atoms with E-state index < -0.39 is 0 Å². The van der Waals surface area contributed by atoms with Crippen molar-refractivity contribution >= 4 is 0 Å². The van der Waals surface area contributed by atoms with Gasteiger partial charge in [0.05, 0.1) is 26.7 Å². The van der Waals surface area contributed by atoms with Gasteiger partial charge in [0.2, 0.25) is 0 Å². The van der Waals surface area contributed by atoms with Crippen LogP contribution >= 0.6 is 0 Å². The van der Waals surface area contributed by atoms with Gasteiger partial charge in [-0.1, -0.05) is 141 Å². The zero-order valence-electron chi connectivity index (χ0n) is 24.5. The van der Waals surface area contributed by atoms with Gasteiger partial charge < -0.3 is 9.59 Å². The van der Waals surface area contributed by atoms with Crippen LogP contribution in [0, 0.1) is 0 Å². The molecule has 1 aromatic carbocycles. The predicted octanol–water partition coefficient (Wildman–Crippen LogP) is 10.1. The quantitative estimate of drug-likeness (QED) is 0.111. The molecule has 1 rings (SSSR count). The first-order chi connectivity index (χ1) is 17.1. The van der Waals surface area contributed by atoms with E-state index in [0.717, 1.165) is 0 Å². The number of hydrogen-bond acceptors (Lipinski definition) is 1. The highest BCUT2D eigenvalue weighted by Gasteiger charge is 2.20. The van der Waals surface area contributed by atoms with Crippen LogP contribution in [0.2, 0.25) is 0 Å². The Morgan fingerprint density at radius 3 is 1.00 bits per heavy atom. The van der Waals surface area contributed by atoms with Crippen LogP contribution in [0.4, 0.5) is 0 Å². The molecule has 2 heteroatoms. The SMILES string of the molecule is CCCCCCCCCC[N+](C)(CCCCCCCC)CCCCCCCC.[O-]c1ccccc1. The number of rotatable bonds is 23. The Balaban J connectivity index is 0.00000140. The van der Waals surface area contributed by atoms with Crippen molar-refractivity contribution in [1.29, 1.82) is 0 Å². The van der Waals surface area contributed by atoms with Crippen LogP contribution in [0.25, 0.3) is 0 Å². The van der Waals surface area contributed by atoms with Crippen LogP contribution < -0.4 is 5.11 Å². The van der Waals surface area contributed by atoms with Crippen LogP contribution in [-0.4, -0.2) is 31.2 Å². The topological polar surface area (TPSA) is 23.1 Å². The van der Waals surface area contributed by atoms with Gasteiger partial charge >= 0.3 is 0 Å². The van der Waals surface area contributed by atoms with E-state index in [4.69, 9.17) is 0 Å². The summed E-state index contributed by atoms with van der Waals surface area (Å²) in [5, 5.41) is 10.3. The summed E-state index contributed by atoms with van der Waals surface area (Å²) in [6.07, 6.45) is 28.8. The zero-order chi connectivity index (χ0) is 25.9. The van der Waals surface area contributed by atoms with Crippen molar-refractivity contribution in [3.63, 3.8) is 0 Å². The Bertz CT molecular complexity index is 499. The molecular formula is C33H63NO. The standard InChI is InChI=1S/C27H58N.C6H6O/c1-5-8-11-14-17-18-21-24-27-28(4,25-22-19-15-12-9-6-2)26-23-20-16-13-10-7-3;7-6-4-2-1-3-5-6/h5-27H2,1-4H3;1-5,7H/q+1;/p-1. The third-order valence-electron chi connectivity index (χ3n) is 7.40. The molecule has 2 nitrogen and oxygen atoms in total. The molecule has 206 valence electrons. The van der Waals surface area contributed by atoms with Crippen LogP contribution in [0.3, 0.4) is 0 Å². The predicted molar refractivity (Wildman–Crippen MR) is 156 cm³/mol. The molecular weight excluding hydrogens is 426 g/mol. The lowest BCUT2D eigenvalue weighted by Gasteiger charge is -2.35. The fourth-order valence-corrected chi connectivity index (χ4v) is 4.93. The van der Waals surface area contributed by atoms with Crippen molar-refractivity contribution in [2.75, 3.05) is 26.7 Å². The molecule has 0 spiro atoms. The third-order valence-corrected chi connectivity index (χ3v) is 7.40. The summed E-state index contributed by atoms with van der Waals surface area (Å²) in [5.74, 6) is 0.0718. The van der Waals surface area contributed by atoms with Gasteiger partial charge in [0.1, 0.15) is 0 Å². The highest BCUT2D eigenvalue weighted by molar-refractivity contribution is 5.17. The largest absolute Gasteiger partial charge is 0.872 e. The van der Waals surface area contributed by atoms with E-state index >= 15 is 0 Å². The third kappa shape index (κ3) is 24.5. The smallest absolute Gasteiger partial charge is 0.0784 e. The lowest BCUT2D eigenvalue weighted by atomic mass is 10.1. The Morgan fingerprint density at radius 1 is 0.457 bits per heavy atom. The minimum Gasteiger partial charge on any atom is -0.872 e. The summed E-state index contributed by atoms with van der Waals surface area (Å²) in [6.45, 7) is 11.2. The number of quaternary nitrogens is 1. The summed E-state index contributed by atoms with van der Waals surface area (Å²) in [5.41, 5.74) is 0. The first-order valence-electron chi connectivity index (χ1n) is 15.6. The molecule has 0 N–H and O–H groups in total. The lowest BCUT2D eigenvalue weighted by Crippen LogP contribution is -2.46. The summed E-state index contributed by atoms with van der Waals surface area (Å²) in [6, 6.07) is 8.33. The minimum atomic E-state index is 0.0718. The fourth-order valence-electron chi connectivity index (χ4n) is 4.93. The van der Waals surface area contributed by atoms with Gasteiger partial charge in [-0.15, -0.1) is 5.75 Å². The monoisotopic (exact) mass is 489 g/mol. The van der Waals surface area contributed by atoms with Crippen LogP contribution in [-0.2, 0) is 0 Å². The van der Waals surface area contributed by atoms with E-state index in [2.05, 4.69) is 27.8 Å². The number of hydrogen-bond donors (Lipinski definition) is 0. The van der Waals surface area contributed by atoms with E-state index in [-0.39, 0.29) is 5.75 Å². The Hall–Kier alpha value is -1.02. The number of unbranched alkanes of at least 4 members (excludes halogenated alkanes) is 17. The van der Waals surface area contributed by atoms with Gasteiger partial charge in [-0.25, -0.2) is 0 Å². The van der Waals surface area contributed by atoms with Gasteiger partial charge in [-0.2, -0.15) is 0 Å². The first-order valence-corrected chi connectivity index (χ1v) is 15.6. The van der Waals surface area contributed by atoms with E-state index in [1.165, 1.54) is 165 Å². The molecule has 1 aromatic rings. The molecule has 0 saturated carbocycles.